The van der Waals surface area contributed by atoms with Crippen LogP contribution in [0.15, 0.2) is 182 Å². The van der Waals surface area contributed by atoms with Gasteiger partial charge in [-0.1, -0.05) is 182 Å². The monoisotopic (exact) mass is 816 g/mol. The van der Waals surface area contributed by atoms with Gasteiger partial charge in [-0.05, 0) is 47.7 Å². The molecule has 0 spiro atoms. The third kappa shape index (κ3) is 10.5. The van der Waals surface area contributed by atoms with E-state index in [4.69, 9.17) is 28.6 Å². The minimum absolute atomic E-state index is 0.446. The van der Waals surface area contributed by atoms with Crippen LogP contribution in [0.1, 0.15) is 0 Å². The van der Waals surface area contributed by atoms with E-state index in [0.29, 0.717) is 0 Å². The van der Waals surface area contributed by atoms with Crippen LogP contribution >= 0.6 is 44.4 Å². The molecule has 0 radical (unpaired) electrons. The summed E-state index contributed by atoms with van der Waals surface area (Å²) < 4.78 is 0. The fourth-order valence-corrected chi connectivity index (χ4v) is 8.97. The van der Waals surface area contributed by atoms with Crippen LogP contribution in [-0.4, -0.2) is 0 Å². The maximum absolute atomic E-state index is 4.99. The molecular formula is C36H30Cl3P2Re. The third-order valence-electron chi connectivity index (χ3n) is 6.09. The molecule has 0 saturated heterocycles. The summed E-state index contributed by atoms with van der Waals surface area (Å²) in [5.41, 5.74) is 0. The summed E-state index contributed by atoms with van der Waals surface area (Å²) >= 11 is -2.05. The molecule has 42 heavy (non-hydrogen) atoms. The molecule has 6 aromatic rings. The van der Waals surface area contributed by atoms with Crippen molar-refractivity contribution in [3.8, 4) is 0 Å². The minimum atomic E-state index is -2.05. The van der Waals surface area contributed by atoms with Crippen molar-refractivity contribution in [3.05, 3.63) is 182 Å². The Morgan fingerprint density at radius 3 is 0.500 bits per heavy atom. The van der Waals surface area contributed by atoms with E-state index in [1.54, 1.807) is 0 Å². The molecule has 212 valence electrons. The fourth-order valence-electron chi connectivity index (χ4n) is 4.36. The SMILES string of the molecule is [Cl][Re]([Cl])[Cl].c1ccc(P(c2ccccc2)c2ccccc2)cc1.c1ccc(P(c2ccccc2)c2ccccc2)cc1. The summed E-state index contributed by atoms with van der Waals surface area (Å²) in [6, 6.07) is 64.7. The first-order valence-corrected chi connectivity index (χ1v) is 26.0. The minimum Gasteiger partial charge on any atom is -0.0622 e. The van der Waals surface area contributed by atoms with Gasteiger partial charge in [0.05, 0.1) is 0 Å². The Hall–Kier alpha value is -2.29. The maximum atomic E-state index is 4.99. The van der Waals surface area contributed by atoms with E-state index in [9.17, 15) is 0 Å². The smallest absolute Gasteiger partial charge is 0.0134 e. The Bertz CT molecular complexity index is 1230. The van der Waals surface area contributed by atoms with Crippen molar-refractivity contribution in [1.29, 1.82) is 0 Å². The van der Waals surface area contributed by atoms with Gasteiger partial charge in [0.15, 0.2) is 0 Å². The van der Waals surface area contributed by atoms with Crippen LogP contribution in [0.5, 0.6) is 0 Å². The molecule has 0 aromatic heterocycles. The van der Waals surface area contributed by atoms with E-state index in [0.717, 1.165) is 0 Å². The van der Waals surface area contributed by atoms with E-state index < -0.39 is 29.5 Å². The maximum Gasteiger partial charge on any atom is -0.0134 e. The van der Waals surface area contributed by atoms with Crippen LogP contribution in [0.4, 0.5) is 0 Å². The van der Waals surface area contributed by atoms with Gasteiger partial charge < -0.3 is 0 Å². The molecule has 6 aromatic carbocycles. The third-order valence-corrected chi connectivity index (χ3v) is 11.0. The first-order valence-electron chi connectivity index (χ1n) is 13.2. The zero-order chi connectivity index (χ0) is 29.4. The molecule has 0 bridgehead atoms. The molecule has 0 fully saturated rings. The summed E-state index contributed by atoms with van der Waals surface area (Å²) in [4.78, 5) is 0. The van der Waals surface area contributed by atoms with Crippen molar-refractivity contribution in [1.82, 2.24) is 0 Å². The van der Waals surface area contributed by atoms with Gasteiger partial charge >= 0.3 is 42.3 Å². The van der Waals surface area contributed by atoms with Gasteiger partial charge in [0.25, 0.3) is 0 Å². The van der Waals surface area contributed by atoms with Crippen molar-refractivity contribution in [2.24, 2.45) is 0 Å². The van der Waals surface area contributed by atoms with Crippen molar-refractivity contribution in [2.45, 2.75) is 0 Å². The Labute approximate surface area is 270 Å². The molecule has 0 atom stereocenters. The van der Waals surface area contributed by atoms with Gasteiger partial charge in [-0.3, -0.25) is 0 Å². The molecule has 0 aliphatic carbocycles. The normalized spacial score (nSPS) is 10.6. The van der Waals surface area contributed by atoms with Crippen LogP contribution < -0.4 is 31.8 Å². The summed E-state index contributed by atoms with van der Waals surface area (Å²) in [5, 5.41) is 8.39. The van der Waals surface area contributed by atoms with Crippen molar-refractivity contribution >= 4 is 76.3 Å². The summed E-state index contributed by atoms with van der Waals surface area (Å²) in [6.07, 6.45) is 0. The van der Waals surface area contributed by atoms with E-state index >= 15 is 0 Å². The van der Waals surface area contributed by atoms with Gasteiger partial charge in [-0.2, -0.15) is 0 Å². The molecule has 6 heteroatoms. The summed E-state index contributed by atoms with van der Waals surface area (Å²) in [6.45, 7) is 0. The Balaban J connectivity index is 0.000000171. The van der Waals surface area contributed by atoms with Crippen molar-refractivity contribution < 1.29 is 13.7 Å². The topological polar surface area (TPSA) is 0 Å². The molecule has 0 heterocycles. The number of hydrogen-bond acceptors (Lipinski definition) is 0. The number of halogens is 3. The van der Waals surface area contributed by atoms with Gasteiger partial charge in [-0.15, -0.1) is 0 Å². The predicted octanol–water partition coefficient (Wildman–Crippen LogP) is 8.96. The molecule has 0 saturated carbocycles. The van der Waals surface area contributed by atoms with E-state index in [1.807, 2.05) is 0 Å². The van der Waals surface area contributed by atoms with Gasteiger partial charge in [0, 0.05) is 0 Å². The zero-order valence-corrected chi connectivity index (χ0v) is 29.5. The number of rotatable bonds is 6. The molecule has 0 N–H and O–H groups in total. The molecule has 6 rings (SSSR count). The van der Waals surface area contributed by atoms with E-state index in [1.165, 1.54) is 31.8 Å². The second kappa shape index (κ2) is 18.4. The fraction of sp³-hybridized carbons (Fsp3) is 0. The molecular weight excluding hydrogens is 787 g/mol. The van der Waals surface area contributed by atoms with E-state index in [2.05, 4.69) is 182 Å². The molecule has 0 aliphatic rings. The Kier molecular flexibility index (Phi) is 14.3. The molecule has 0 aliphatic heterocycles. The standard InChI is InChI=1S/2C18H15P.3ClH.Re/c2*1-4-10-16(11-5-1)19(17-12-6-2-7-13-17)18-14-8-3-9-15-18;;;;/h2*1-15H;3*1H;/q;;;;;+3/p-3. The average Bonchev–Trinajstić information content (AvgIpc) is 3.05. The van der Waals surface area contributed by atoms with Crippen LogP contribution in [0.25, 0.3) is 0 Å². The van der Waals surface area contributed by atoms with Crippen LogP contribution in [0.2, 0.25) is 0 Å². The first kappa shape index (κ1) is 32.6. The summed E-state index contributed by atoms with van der Waals surface area (Å²) in [5.74, 6) is 0. The largest absolute Gasteiger partial charge is 0.0622 e. The Morgan fingerprint density at radius 1 is 0.262 bits per heavy atom. The first-order chi connectivity index (χ1) is 20.6. The van der Waals surface area contributed by atoms with Crippen LogP contribution in [0.3, 0.4) is 0 Å². The second-order valence-corrected chi connectivity index (χ2v) is 25.1. The molecule has 0 unspecified atom stereocenters. The van der Waals surface area contributed by atoms with Crippen molar-refractivity contribution in [2.75, 3.05) is 0 Å². The van der Waals surface area contributed by atoms with Crippen LogP contribution in [-0.2, 0) is 13.7 Å². The van der Waals surface area contributed by atoms with E-state index in [-0.39, 0.29) is 0 Å². The number of benzene rings is 6. The van der Waals surface area contributed by atoms with Crippen molar-refractivity contribution in [3.63, 3.8) is 0 Å². The average molecular weight is 817 g/mol. The second-order valence-electron chi connectivity index (χ2n) is 8.85. The molecule has 0 nitrogen and oxygen atoms in total. The quantitative estimate of drug-likeness (QED) is 0.148. The molecule has 0 amide bonds. The predicted molar refractivity (Wildman–Crippen MR) is 188 cm³/mol. The van der Waals surface area contributed by atoms with Gasteiger partial charge in [0.1, 0.15) is 0 Å². The Morgan fingerprint density at radius 2 is 0.381 bits per heavy atom. The van der Waals surface area contributed by atoms with Crippen LogP contribution in [0, 0.1) is 0 Å². The zero-order valence-electron chi connectivity index (χ0n) is 22.7. The van der Waals surface area contributed by atoms with Gasteiger partial charge in [-0.25, -0.2) is 0 Å². The van der Waals surface area contributed by atoms with Gasteiger partial charge in [0.2, 0.25) is 0 Å². The number of hydrogen-bond donors (Lipinski definition) is 0. The summed E-state index contributed by atoms with van der Waals surface area (Å²) in [7, 11) is 14.1.